The Labute approximate surface area is 217 Å². The summed E-state index contributed by atoms with van der Waals surface area (Å²) in [6, 6.07) is 8.78. The molecule has 1 saturated carbocycles. The average molecular weight is 547 g/mol. The maximum atomic E-state index is 13.8. The van der Waals surface area contributed by atoms with E-state index in [0.29, 0.717) is 31.1 Å². The third kappa shape index (κ3) is 9.47. The molecule has 3 rings (SSSR count). The van der Waals surface area contributed by atoms with Crippen molar-refractivity contribution < 1.29 is 46.1 Å². The van der Waals surface area contributed by atoms with Crippen LogP contribution >= 0.6 is 0 Å². The summed E-state index contributed by atoms with van der Waals surface area (Å²) < 4.78 is 69.8. The van der Waals surface area contributed by atoms with Crippen LogP contribution in [0.25, 0.3) is 0 Å². The van der Waals surface area contributed by atoms with Gasteiger partial charge in [0.1, 0.15) is 18.2 Å². The number of benzene rings is 2. The zero-order chi connectivity index (χ0) is 28.3. The molecule has 0 saturated heterocycles. The Morgan fingerprint density at radius 2 is 1.71 bits per heavy atom. The number of amides is 1. The molecule has 3 N–H and O–H groups in total. The third-order valence-corrected chi connectivity index (χ3v) is 5.91. The van der Waals surface area contributed by atoms with E-state index in [-0.39, 0.29) is 24.0 Å². The number of rotatable bonds is 9. The lowest BCUT2D eigenvalue weighted by Gasteiger charge is -2.29. The van der Waals surface area contributed by atoms with Gasteiger partial charge >= 0.3 is 12.1 Å². The number of hydrogen-bond donors (Lipinski definition) is 2. The van der Waals surface area contributed by atoms with Crippen molar-refractivity contribution in [3.05, 3.63) is 59.2 Å². The van der Waals surface area contributed by atoms with Crippen molar-refractivity contribution in [3.8, 4) is 11.5 Å². The quantitative estimate of drug-likeness (QED) is 0.427. The fraction of sp³-hybridized carbons (Fsp3) is 0.462. The van der Waals surface area contributed by atoms with E-state index in [1.165, 1.54) is 25.7 Å². The molecule has 7 nitrogen and oxygen atoms in total. The number of nitrogens with two attached hydrogens (primary N) is 1. The number of halogens is 5. The molecule has 0 aliphatic heterocycles. The highest BCUT2D eigenvalue weighted by atomic mass is 19.4. The van der Waals surface area contributed by atoms with Crippen LogP contribution in [0.1, 0.15) is 43.2 Å². The number of carbonyl (C=O) groups excluding carboxylic acids is 1. The average Bonchev–Trinajstić information content (AvgIpc) is 2.88. The summed E-state index contributed by atoms with van der Waals surface area (Å²) in [6.45, 7) is 1.29. The number of ether oxygens (including phenoxy) is 2. The van der Waals surface area contributed by atoms with Crippen LogP contribution in [0.5, 0.6) is 11.5 Å². The maximum absolute atomic E-state index is 13.8. The molecule has 1 aliphatic rings. The molecule has 38 heavy (non-hydrogen) atoms. The fourth-order valence-corrected chi connectivity index (χ4v) is 3.97. The van der Waals surface area contributed by atoms with Crippen LogP contribution in [0, 0.1) is 17.6 Å². The number of hydrogen-bond acceptors (Lipinski definition) is 5. The zero-order valence-corrected chi connectivity index (χ0v) is 20.9. The van der Waals surface area contributed by atoms with Gasteiger partial charge in [0.15, 0.2) is 11.5 Å². The molecule has 0 atom stereocenters. The minimum absolute atomic E-state index is 0.0543. The Morgan fingerprint density at radius 3 is 2.26 bits per heavy atom. The van der Waals surface area contributed by atoms with Gasteiger partial charge in [0.2, 0.25) is 5.91 Å². The van der Waals surface area contributed by atoms with Gasteiger partial charge in [-0.2, -0.15) is 13.2 Å². The summed E-state index contributed by atoms with van der Waals surface area (Å²) in [5.74, 6) is -2.88. The Kier molecular flexibility index (Phi) is 11.8. The van der Waals surface area contributed by atoms with Gasteiger partial charge in [-0.1, -0.05) is 25.3 Å². The first-order valence-corrected chi connectivity index (χ1v) is 12.0. The zero-order valence-electron chi connectivity index (χ0n) is 20.9. The molecule has 2 aromatic carbocycles. The van der Waals surface area contributed by atoms with E-state index in [1.54, 1.807) is 6.07 Å². The van der Waals surface area contributed by atoms with E-state index >= 15 is 0 Å². The molecule has 1 amide bonds. The Bertz CT molecular complexity index is 1070. The van der Waals surface area contributed by atoms with Crippen LogP contribution in [0.2, 0.25) is 0 Å². The largest absolute Gasteiger partial charge is 0.493 e. The Balaban J connectivity index is 0.000000638. The molecular weight excluding hydrogens is 515 g/mol. The first kappa shape index (κ1) is 30.8. The van der Waals surface area contributed by atoms with Gasteiger partial charge in [-0.15, -0.1) is 0 Å². The van der Waals surface area contributed by atoms with Gasteiger partial charge in [0.25, 0.3) is 0 Å². The number of carbonyl (C=O) groups is 2. The molecule has 0 spiro atoms. The molecular formula is C26H31F5N2O5. The van der Waals surface area contributed by atoms with Crippen molar-refractivity contribution in [2.75, 3.05) is 20.2 Å². The monoisotopic (exact) mass is 546 g/mol. The topological polar surface area (TPSA) is 102 Å². The highest BCUT2D eigenvalue weighted by Gasteiger charge is 2.38. The first-order chi connectivity index (χ1) is 18.0. The summed E-state index contributed by atoms with van der Waals surface area (Å²) in [5, 5.41) is 7.12. The predicted molar refractivity (Wildman–Crippen MR) is 128 cm³/mol. The summed E-state index contributed by atoms with van der Waals surface area (Å²) >= 11 is 0. The van der Waals surface area contributed by atoms with Gasteiger partial charge < -0.3 is 25.2 Å². The number of methoxy groups -OCH3 is 1. The van der Waals surface area contributed by atoms with Gasteiger partial charge in [0.05, 0.1) is 7.11 Å². The molecule has 2 aromatic rings. The molecule has 12 heteroatoms. The highest BCUT2D eigenvalue weighted by Crippen LogP contribution is 2.31. The number of aliphatic carboxylic acids is 1. The van der Waals surface area contributed by atoms with Crippen LogP contribution in [0.15, 0.2) is 36.4 Å². The van der Waals surface area contributed by atoms with Gasteiger partial charge in [-0.25, -0.2) is 13.6 Å². The third-order valence-electron chi connectivity index (χ3n) is 5.91. The Morgan fingerprint density at radius 1 is 1.05 bits per heavy atom. The molecule has 0 bridgehead atoms. The van der Waals surface area contributed by atoms with Crippen LogP contribution in [0.3, 0.4) is 0 Å². The summed E-state index contributed by atoms with van der Waals surface area (Å²) in [4.78, 5) is 23.7. The van der Waals surface area contributed by atoms with Crippen molar-refractivity contribution in [1.82, 2.24) is 4.90 Å². The summed E-state index contributed by atoms with van der Waals surface area (Å²) in [6.07, 6.45) is 0.190. The van der Waals surface area contributed by atoms with E-state index < -0.39 is 23.8 Å². The maximum Gasteiger partial charge on any atom is 0.490 e. The van der Waals surface area contributed by atoms with Crippen molar-refractivity contribution in [2.45, 2.75) is 51.4 Å². The minimum Gasteiger partial charge on any atom is -0.493 e. The van der Waals surface area contributed by atoms with Crippen LogP contribution in [-0.2, 0) is 22.7 Å². The minimum atomic E-state index is -5.08. The smallest absolute Gasteiger partial charge is 0.490 e. The molecule has 0 unspecified atom stereocenters. The molecule has 1 fully saturated rings. The van der Waals surface area contributed by atoms with Crippen LogP contribution in [-0.4, -0.2) is 48.3 Å². The first-order valence-electron chi connectivity index (χ1n) is 12.0. The Hall–Kier alpha value is -3.41. The van der Waals surface area contributed by atoms with E-state index in [0.717, 1.165) is 37.3 Å². The lowest BCUT2D eigenvalue weighted by atomic mass is 9.88. The second kappa shape index (κ2) is 14.5. The lowest BCUT2D eigenvalue weighted by Crippen LogP contribution is -2.39. The fourth-order valence-electron chi connectivity index (χ4n) is 3.97. The predicted octanol–water partition coefficient (Wildman–Crippen LogP) is 5.05. The summed E-state index contributed by atoms with van der Waals surface area (Å²) in [5.41, 5.74) is 6.90. The van der Waals surface area contributed by atoms with Crippen molar-refractivity contribution in [2.24, 2.45) is 11.7 Å². The van der Waals surface area contributed by atoms with E-state index in [9.17, 15) is 26.7 Å². The van der Waals surface area contributed by atoms with Crippen molar-refractivity contribution >= 4 is 11.9 Å². The number of nitrogens with zero attached hydrogens (tertiary/aromatic N) is 1. The van der Waals surface area contributed by atoms with Crippen LogP contribution < -0.4 is 15.2 Å². The summed E-state index contributed by atoms with van der Waals surface area (Å²) in [7, 11) is 1.52. The van der Waals surface area contributed by atoms with E-state index in [1.807, 2.05) is 17.0 Å². The highest BCUT2D eigenvalue weighted by molar-refractivity contribution is 5.79. The SMILES string of the molecule is COc1cc(CN(CCN)C(=O)C2CCCCC2)ccc1OCc1ccc(F)cc1F.O=C(O)C(F)(F)F. The van der Waals surface area contributed by atoms with Gasteiger partial charge in [-0.05, 0) is 42.7 Å². The molecule has 210 valence electrons. The number of carboxylic acid groups (broad SMARTS) is 1. The van der Waals surface area contributed by atoms with E-state index in [4.69, 9.17) is 25.1 Å². The second-order valence-corrected chi connectivity index (χ2v) is 8.70. The lowest BCUT2D eigenvalue weighted by molar-refractivity contribution is -0.192. The van der Waals surface area contributed by atoms with Crippen LogP contribution in [0.4, 0.5) is 22.0 Å². The van der Waals surface area contributed by atoms with Gasteiger partial charge in [-0.3, -0.25) is 4.79 Å². The van der Waals surface area contributed by atoms with Crippen molar-refractivity contribution in [3.63, 3.8) is 0 Å². The molecule has 0 aromatic heterocycles. The second-order valence-electron chi connectivity index (χ2n) is 8.70. The molecule has 0 heterocycles. The number of alkyl halides is 3. The van der Waals surface area contributed by atoms with Crippen molar-refractivity contribution in [1.29, 1.82) is 0 Å². The van der Waals surface area contributed by atoms with E-state index in [2.05, 4.69) is 0 Å². The molecule has 0 radical (unpaired) electrons. The normalized spacial score (nSPS) is 13.8. The molecule has 1 aliphatic carbocycles. The number of carboxylic acids is 1. The van der Waals surface area contributed by atoms with Gasteiger partial charge in [0, 0.05) is 37.2 Å². The standard InChI is InChI=1S/C24H30F2N2O3.C2HF3O2/c1-30-23-13-17(15-28(12-11-27)24(29)18-5-3-2-4-6-18)7-10-22(23)31-16-19-8-9-20(25)14-21(19)26;3-2(4,5)1(6)7/h7-10,13-14,18H,2-6,11-12,15-16,27H2,1H3;(H,6,7).